The van der Waals surface area contributed by atoms with Gasteiger partial charge in [0.15, 0.2) is 0 Å². The summed E-state index contributed by atoms with van der Waals surface area (Å²) in [5.74, 6) is 5.56. The molecule has 0 aliphatic carbocycles. The highest BCUT2D eigenvalue weighted by Crippen LogP contribution is 2.27. The molecule has 1 aliphatic rings. The third kappa shape index (κ3) is 3.72. The lowest BCUT2D eigenvalue weighted by molar-refractivity contribution is -0.103. The van der Waals surface area contributed by atoms with E-state index in [1.165, 1.54) is 6.42 Å². The molecule has 2 atom stereocenters. The first-order valence-corrected chi connectivity index (χ1v) is 5.91. The Morgan fingerprint density at radius 3 is 2.87 bits per heavy atom. The van der Waals surface area contributed by atoms with Crippen molar-refractivity contribution in [3.8, 4) is 0 Å². The van der Waals surface area contributed by atoms with Crippen molar-refractivity contribution in [2.45, 2.75) is 51.2 Å². The summed E-state index contributed by atoms with van der Waals surface area (Å²) in [4.78, 5) is 0. The summed E-state index contributed by atoms with van der Waals surface area (Å²) in [5, 5.41) is 0. The van der Waals surface area contributed by atoms with Crippen LogP contribution in [-0.2, 0) is 9.47 Å². The molecule has 0 bridgehead atoms. The summed E-state index contributed by atoms with van der Waals surface area (Å²) in [6.45, 7) is 6.47. The highest BCUT2D eigenvalue weighted by molar-refractivity contribution is 4.90. The van der Waals surface area contributed by atoms with E-state index >= 15 is 0 Å². The molecular formula is C11H24N2O2. The molecule has 15 heavy (non-hydrogen) atoms. The van der Waals surface area contributed by atoms with Gasteiger partial charge in [0.25, 0.3) is 0 Å². The van der Waals surface area contributed by atoms with Gasteiger partial charge in [-0.1, -0.05) is 6.92 Å². The molecule has 90 valence electrons. The molecule has 1 heterocycles. The fourth-order valence-corrected chi connectivity index (χ4v) is 1.98. The molecule has 0 aromatic rings. The predicted octanol–water partition coefficient (Wildman–Crippen LogP) is 1.20. The average molecular weight is 216 g/mol. The molecule has 0 radical (unpaired) electrons. The first-order chi connectivity index (χ1) is 7.23. The van der Waals surface area contributed by atoms with Crippen LogP contribution in [0.2, 0.25) is 0 Å². The molecule has 4 nitrogen and oxygen atoms in total. The van der Waals surface area contributed by atoms with E-state index in [9.17, 15) is 0 Å². The van der Waals surface area contributed by atoms with Crippen molar-refractivity contribution in [1.29, 1.82) is 0 Å². The van der Waals surface area contributed by atoms with Crippen LogP contribution in [0.1, 0.15) is 39.5 Å². The van der Waals surface area contributed by atoms with Crippen molar-refractivity contribution < 1.29 is 9.47 Å². The summed E-state index contributed by atoms with van der Waals surface area (Å²) in [6, 6.07) is 0.0874. The number of nitrogens with two attached hydrogens (primary N) is 1. The molecule has 0 saturated carbocycles. The molecule has 1 rings (SSSR count). The second-order valence-electron chi connectivity index (χ2n) is 4.41. The molecule has 1 aliphatic heterocycles. The van der Waals surface area contributed by atoms with E-state index in [1.807, 2.05) is 0 Å². The topological polar surface area (TPSA) is 56.5 Å². The first kappa shape index (κ1) is 12.9. The highest BCUT2D eigenvalue weighted by Gasteiger charge is 2.36. The molecular weight excluding hydrogens is 192 g/mol. The number of nitrogens with one attached hydrogen (secondary N) is 1. The maximum atomic E-state index is 5.83. The van der Waals surface area contributed by atoms with Gasteiger partial charge in [0.05, 0.1) is 18.2 Å². The van der Waals surface area contributed by atoms with Crippen LogP contribution in [0.4, 0.5) is 0 Å². The van der Waals surface area contributed by atoms with Gasteiger partial charge in [0, 0.05) is 13.2 Å². The smallest absolute Gasteiger partial charge is 0.0842 e. The number of ether oxygens (including phenoxy) is 2. The Morgan fingerprint density at radius 2 is 2.33 bits per heavy atom. The van der Waals surface area contributed by atoms with Crippen LogP contribution in [0.5, 0.6) is 0 Å². The number of hydrogen-bond acceptors (Lipinski definition) is 4. The van der Waals surface area contributed by atoms with Crippen LogP contribution in [0.15, 0.2) is 0 Å². The van der Waals surface area contributed by atoms with Crippen LogP contribution in [0.25, 0.3) is 0 Å². The van der Waals surface area contributed by atoms with Crippen molar-refractivity contribution in [2.75, 3.05) is 19.8 Å². The summed E-state index contributed by atoms with van der Waals surface area (Å²) in [6.07, 6.45) is 4.46. The Kier molecular flexibility index (Phi) is 5.53. The van der Waals surface area contributed by atoms with E-state index < -0.39 is 0 Å². The van der Waals surface area contributed by atoms with Crippen molar-refractivity contribution >= 4 is 0 Å². The first-order valence-electron chi connectivity index (χ1n) is 5.91. The maximum Gasteiger partial charge on any atom is 0.0842 e. The van der Waals surface area contributed by atoms with Crippen LogP contribution in [0.3, 0.4) is 0 Å². The lowest BCUT2D eigenvalue weighted by atomic mass is 9.89. The minimum absolute atomic E-state index is 0.0874. The summed E-state index contributed by atoms with van der Waals surface area (Å²) in [5.41, 5.74) is 2.66. The molecule has 1 saturated heterocycles. The normalized spacial score (nSPS) is 29.0. The van der Waals surface area contributed by atoms with Gasteiger partial charge in [-0.3, -0.25) is 11.3 Å². The van der Waals surface area contributed by atoms with Gasteiger partial charge in [-0.25, -0.2) is 0 Å². The standard InChI is InChI=1S/C11H24N2O2/c1-3-7-14-9-10(13-12)11(2)6-4-5-8-15-11/h10,13H,3-9,12H2,1-2H3. The van der Waals surface area contributed by atoms with Gasteiger partial charge in [0.2, 0.25) is 0 Å². The maximum absolute atomic E-state index is 5.83. The zero-order valence-corrected chi connectivity index (χ0v) is 9.92. The molecule has 0 amide bonds. The van der Waals surface area contributed by atoms with E-state index in [4.69, 9.17) is 15.3 Å². The molecule has 4 heteroatoms. The second kappa shape index (κ2) is 6.43. The Labute approximate surface area is 92.5 Å². The fraction of sp³-hybridized carbons (Fsp3) is 1.00. The number of rotatable bonds is 6. The Hall–Kier alpha value is -0.160. The van der Waals surface area contributed by atoms with E-state index in [-0.39, 0.29) is 11.6 Å². The molecule has 2 unspecified atom stereocenters. The van der Waals surface area contributed by atoms with Crippen LogP contribution in [0, 0.1) is 0 Å². The van der Waals surface area contributed by atoms with E-state index in [0.717, 1.165) is 32.5 Å². The van der Waals surface area contributed by atoms with Crippen molar-refractivity contribution in [2.24, 2.45) is 5.84 Å². The van der Waals surface area contributed by atoms with Crippen LogP contribution < -0.4 is 11.3 Å². The Morgan fingerprint density at radius 1 is 1.53 bits per heavy atom. The lowest BCUT2D eigenvalue weighted by Gasteiger charge is -2.40. The van der Waals surface area contributed by atoms with Gasteiger partial charge in [-0.05, 0) is 32.6 Å². The molecule has 0 aromatic heterocycles. The largest absolute Gasteiger partial charge is 0.380 e. The highest BCUT2D eigenvalue weighted by atomic mass is 16.5. The van der Waals surface area contributed by atoms with Crippen molar-refractivity contribution in [3.63, 3.8) is 0 Å². The zero-order chi connectivity index (χ0) is 11.1. The quantitative estimate of drug-likeness (QED) is 0.398. The summed E-state index contributed by atoms with van der Waals surface area (Å²) in [7, 11) is 0. The third-order valence-electron chi connectivity index (χ3n) is 3.07. The Balaban J connectivity index is 2.40. The summed E-state index contributed by atoms with van der Waals surface area (Å²) >= 11 is 0. The predicted molar refractivity (Wildman–Crippen MR) is 60.4 cm³/mol. The monoisotopic (exact) mass is 216 g/mol. The molecule has 1 fully saturated rings. The number of hydrogen-bond donors (Lipinski definition) is 2. The molecule has 3 N–H and O–H groups in total. The lowest BCUT2D eigenvalue weighted by Crippen LogP contribution is -2.56. The zero-order valence-electron chi connectivity index (χ0n) is 9.92. The van der Waals surface area contributed by atoms with E-state index in [2.05, 4.69) is 19.3 Å². The Bertz CT molecular complexity index is 170. The van der Waals surface area contributed by atoms with Crippen LogP contribution in [-0.4, -0.2) is 31.5 Å². The minimum Gasteiger partial charge on any atom is -0.380 e. The SMILES string of the molecule is CCCOCC(NN)C1(C)CCCCO1. The fourth-order valence-electron chi connectivity index (χ4n) is 1.98. The number of hydrazine groups is 1. The van der Waals surface area contributed by atoms with Gasteiger partial charge in [-0.2, -0.15) is 0 Å². The minimum atomic E-state index is -0.166. The third-order valence-corrected chi connectivity index (χ3v) is 3.07. The van der Waals surface area contributed by atoms with Crippen molar-refractivity contribution in [3.05, 3.63) is 0 Å². The van der Waals surface area contributed by atoms with Gasteiger partial charge in [-0.15, -0.1) is 0 Å². The second-order valence-corrected chi connectivity index (χ2v) is 4.41. The van der Waals surface area contributed by atoms with Crippen LogP contribution >= 0.6 is 0 Å². The van der Waals surface area contributed by atoms with E-state index in [1.54, 1.807) is 0 Å². The van der Waals surface area contributed by atoms with Crippen molar-refractivity contribution in [1.82, 2.24) is 5.43 Å². The van der Waals surface area contributed by atoms with Gasteiger partial charge in [0.1, 0.15) is 0 Å². The van der Waals surface area contributed by atoms with Gasteiger partial charge < -0.3 is 9.47 Å². The molecule has 0 aromatic carbocycles. The van der Waals surface area contributed by atoms with Gasteiger partial charge >= 0.3 is 0 Å². The average Bonchev–Trinajstić information content (AvgIpc) is 2.25. The summed E-state index contributed by atoms with van der Waals surface area (Å²) < 4.78 is 11.4. The van der Waals surface area contributed by atoms with E-state index in [0.29, 0.717) is 6.61 Å². The molecule has 0 spiro atoms.